The molecule has 1 N–H and O–H groups in total. The minimum atomic E-state index is -1.08. The monoisotopic (exact) mass is 184 g/mol. The normalized spacial score (nSPS) is 9.00. The van der Waals surface area contributed by atoms with Crippen molar-refractivity contribution in [2.24, 2.45) is 0 Å². The molecule has 0 spiro atoms. The summed E-state index contributed by atoms with van der Waals surface area (Å²) in [7, 11) is 0. The van der Waals surface area contributed by atoms with Crippen LogP contribution in [0.4, 0.5) is 0 Å². The summed E-state index contributed by atoms with van der Waals surface area (Å²) in [5, 5.41) is 8.40. The maximum absolute atomic E-state index is 10.8. The molecular formula is C9H12O4. The van der Waals surface area contributed by atoms with Crippen LogP contribution in [0.15, 0.2) is 24.3 Å². The molecule has 0 heterocycles. The summed E-state index contributed by atoms with van der Waals surface area (Å²) in [5.74, 6) is -1.59. The fraction of sp³-hybridized carbons (Fsp3) is 0.333. The molecule has 4 nitrogen and oxygen atoms in total. The molecule has 4 heteroatoms. The third-order valence-electron chi connectivity index (χ3n) is 1.29. The van der Waals surface area contributed by atoms with Crippen LogP contribution in [-0.2, 0) is 14.3 Å². The van der Waals surface area contributed by atoms with Crippen molar-refractivity contribution >= 4 is 11.9 Å². The molecule has 0 atom stereocenters. The smallest absolute Gasteiger partial charge is 0.333 e. The molecule has 0 amide bonds. The van der Waals surface area contributed by atoms with Crippen molar-refractivity contribution in [2.75, 3.05) is 6.61 Å². The Morgan fingerprint density at radius 2 is 1.92 bits per heavy atom. The third kappa shape index (κ3) is 4.79. The highest BCUT2D eigenvalue weighted by molar-refractivity contribution is 5.87. The molecule has 0 radical (unpaired) electrons. The van der Waals surface area contributed by atoms with Gasteiger partial charge in [0.05, 0.1) is 6.61 Å². The highest BCUT2D eigenvalue weighted by Crippen LogP contribution is 2.00. The Hall–Kier alpha value is -1.58. The first kappa shape index (κ1) is 11.4. The Morgan fingerprint density at radius 1 is 1.38 bits per heavy atom. The molecule has 0 aliphatic carbocycles. The molecule has 72 valence electrons. The average molecular weight is 184 g/mol. The number of esters is 1. The molecule has 0 aliphatic heterocycles. The molecule has 0 aromatic carbocycles. The van der Waals surface area contributed by atoms with Crippen LogP contribution in [-0.4, -0.2) is 23.7 Å². The van der Waals surface area contributed by atoms with E-state index in [2.05, 4.69) is 17.9 Å². The fourth-order valence-electron chi connectivity index (χ4n) is 0.497. The van der Waals surface area contributed by atoms with Gasteiger partial charge in [0.2, 0.25) is 0 Å². The second-order valence-corrected chi connectivity index (χ2v) is 2.57. The van der Waals surface area contributed by atoms with E-state index in [4.69, 9.17) is 5.11 Å². The maximum atomic E-state index is 10.8. The van der Waals surface area contributed by atoms with Crippen LogP contribution in [0.1, 0.15) is 13.3 Å². The lowest BCUT2D eigenvalue weighted by Crippen LogP contribution is -2.09. The van der Waals surface area contributed by atoms with Crippen LogP contribution in [0, 0.1) is 0 Å². The van der Waals surface area contributed by atoms with Crippen LogP contribution >= 0.6 is 0 Å². The Kier molecular flexibility index (Phi) is 4.51. The fourth-order valence-corrected chi connectivity index (χ4v) is 0.497. The van der Waals surface area contributed by atoms with E-state index in [-0.39, 0.29) is 18.6 Å². The first-order chi connectivity index (χ1) is 5.95. The first-order valence-corrected chi connectivity index (χ1v) is 3.69. The SMILES string of the molecule is C=C(C)C(=O)OCCC(=C)C(=O)O. The van der Waals surface area contributed by atoms with Gasteiger partial charge in [-0.2, -0.15) is 0 Å². The minimum Gasteiger partial charge on any atom is -0.478 e. The maximum Gasteiger partial charge on any atom is 0.333 e. The summed E-state index contributed by atoms with van der Waals surface area (Å²) in [5.41, 5.74) is 0.315. The van der Waals surface area contributed by atoms with E-state index in [1.54, 1.807) is 0 Å². The second kappa shape index (κ2) is 5.13. The van der Waals surface area contributed by atoms with Crippen LogP contribution < -0.4 is 0 Å². The van der Waals surface area contributed by atoms with Crippen molar-refractivity contribution in [3.63, 3.8) is 0 Å². The topological polar surface area (TPSA) is 63.6 Å². The summed E-state index contributed by atoms with van der Waals surface area (Å²) < 4.78 is 4.66. The van der Waals surface area contributed by atoms with Gasteiger partial charge in [-0.25, -0.2) is 9.59 Å². The van der Waals surface area contributed by atoms with E-state index in [9.17, 15) is 9.59 Å². The molecule has 0 unspecified atom stereocenters. The standard InChI is InChI=1S/C9H12O4/c1-6(2)9(12)13-5-4-7(3)8(10)11/h1,3-5H2,2H3,(H,10,11). The Balaban J connectivity index is 3.69. The number of carbonyl (C=O) groups is 2. The number of carbonyl (C=O) groups excluding carboxylic acids is 1. The van der Waals surface area contributed by atoms with Crippen molar-refractivity contribution in [2.45, 2.75) is 13.3 Å². The van der Waals surface area contributed by atoms with Crippen LogP contribution in [0.5, 0.6) is 0 Å². The predicted molar refractivity (Wildman–Crippen MR) is 47.2 cm³/mol. The number of carboxylic acid groups (broad SMARTS) is 1. The lowest BCUT2D eigenvalue weighted by molar-refractivity contribution is -0.140. The van der Waals surface area contributed by atoms with Gasteiger partial charge in [-0.3, -0.25) is 0 Å². The number of hydrogen-bond acceptors (Lipinski definition) is 3. The van der Waals surface area contributed by atoms with E-state index < -0.39 is 11.9 Å². The minimum absolute atomic E-state index is 0.0227. The zero-order valence-corrected chi connectivity index (χ0v) is 7.50. The highest BCUT2D eigenvalue weighted by atomic mass is 16.5. The molecule has 0 bridgehead atoms. The number of carboxylic acids is 1. The molecule has 0 aliphatic rings. The van der Waals surface area contributed by atoms with Gasteiger partial charge in [0.15, 0.2) is 0 Å². The predicted octanol–water partition coefficient (Wildman–Crippen LogP) is 1.14. The quantitative estimate of drug-likeness (QED) is 0.514. The Morgan fingerprint density at radius 3 is 2.31 bits per heavy atom. The zero-order chi connectivity index (χ0) is 10.4. The molecular weight excluding hydrogens is 172 g/mol. The van der Waals surface area contributed by atoms with Crippen LogP contribution in [0.3, 0.4) is 0 Å². The summed E-state index contributed by atoms with van der Waals surface area (Å²) in [4.78, 5) is 21.0. The molecule has 0 fully saturated rings. The van der Waals surface area contributed by atoms with Gasteiger partial charge in [-0.15, -0.1) is 0 Å². The van der Waals surface area contributed by atoms with Crippen molar-refractivity contribution in [3.8, 4) is 0 Å². The average Bonchev–Trinajstić information content (AvgIpc) is 2.03. The molecule has 0 aromatic heterocycles. The largest absolute Gasteiger partial charge is 0.478 e. The molecule has 0 saturated carbocycles. The van der Waals surface area contributed by atoms with Crippen molar-refractivity contribution in [1.29, 1.82) is 0 Å². The Labute approximate surface area is 76.5 Å². The van der Waals surface area contributed by atoms with E-state index in [0.717, 1.165) is 0 Å². The summed E-state index contributed by atoms with van der Waals surface area (Å²) >= 11 is 0. The Bertz CT molecular complexity index is 226. The number of rotatable bonds is 5. The van der Waals surface area contributed by atoms with Gasteiger partial charge in [-0.1, -0.05) is 13.2 Å². The molecule has 0 aromatic rings. The van der Waals surface area contributed by atoms with Crippen molar-refractivity contribution in [1.82, 2.24) is 0 Å². The molecule has 0 rings (SSSR count). The van der Waals surface area contributed by atoms with E-state index >= 15 is 0 Å². The molecule has 13 heavy (non-hydrogen) atoms. The first-order valence-electron chi connectivity index (χ1n) is 3.69. The van der Waals surface area contributed by atoms with E-state index in [1.165, 1.54) is 6.92 Å². The number of aliphatic carboxylic acids is 1. The van der Waals surface area contributed by atoms with Gasteiger partial charge >= 0.3 is 11.9 Å². The zero-order valence-electron chi connectivity index (χ0n) is 7.50. The number of hydrogen-bond donors (Lipinski definition) is 1. The van der Waals surface area contributed by atoms with Crippen LogP contribution in [0.2, 0.25) is 0 Å². The van der Waals surface area contributed by atoms with E-state index in [1.807, 2.05) is 0 Å². The van der Waals surface area contributed by atoms with Gasteiger partial charge in [-0.05, 0) is 6.92 Å². The van der Waals surface area contributed by atoms with Gasteiger partial charge in [0, 0.05) is 17.6 Å². The lowest BCUT2D eigenvalue weighted by Gasteiger charge is -2.03. The second-order valence-electron chi connectivity index (χ2n) is 2.57. The van der Waals surface area contributed by atoms with Crippen molar-refractivity contribution in [3.05, 3.63) is 24.3 Å². The third-order valence-corrected chi connectivity index (χ3v) is 1.29. The highest BCUT2D eigenvalue weighted by Gasteiger charge is 2.06. The van der Waals surface area contributed by atoms with Gasteiger partial charge in [0.25, 0.3) is 0 Å². The van der Waals surface area contributed by atoms with Gasteiger partial charge in [0.1, 0.15) is 0 Å². The summed E-state index contributed by atoms with van der Waals surface area (Å²) in [6.45, 7) is 8.20. The van der Waals surface area contributed by atoms with Crippen LogP contribution in [0.25, 0.3) is 0 Å². The summed E-state index contributed by atoms with van der Waals surface area (Å²) in [6.07, 6.45) is 0.133. The summed E-state index contributed by atoms with van der Waals surface area (Å²) in [6, 6.07) is 0. The number of ether oxygens (including phenoxy) is 1. The van der Waals surface area contributed by atoms with E-state index in [0.29, 0.717) is 5.57 Å². The van der Waals surface area contributed by atoms with Gasteiger partial charge < -0.3 is 9.84 Å². The van der Waals surface area contributed by atoms with Crippen molar-refractivity contribution < 1.29 is 19.4 Å². The molecule has 0 saturated heterocycles. The lowest BCUT2D eigenvalue weighted by atomic mass is 10.2.